The number of allylic oxidation sites excluding steroid dienone is 6. The second kappa shape index (κ2) is 11.5. The van der Waals surface area contributed by atoms with Crippen molar-refractivity contribution in [1.29, 1.82) is 0 Å². The molecule has 0 atom stereocenters. The molecule has 0 aromatic carbocycles. The molecular formula is C22H39N. The van der Waals surface area contributed by atoms with Gasteiger partial charge in [0, 0.05) is 0 Å². The summed E-state index contributed by atoms with van der Waals surface area (Å²) in [6.45, 7) is 13.2. The molecule has 0 spiro atoms. The maximum atomic E-state index is 3.52. The van der Waals surface area contributed by atoms with Crippen molar-refractivity contribution in [3.05, 3.63) is 48.6 Å². The second-order valence-electron chi connectivity index (χ2n) is 7.24. The van der Waals surface area contributed by atoms with E-state index >= 15 is 0 Å². The van der Waals surface area contributed by atoms with Crippen LogP contribution >= 0.6 is 0 Å². The van der Waals surface area contributed by atoms with Gasteiger partial charge >= 0.3 is 0 Å². The van der Waals surface area contributed by atoms with Crippen molar-refractivity contribution in [3.8, 4) is 0 Å². The average molecular weight is 318 g/mol. The molecule has 0 aromatic heterocycles. The van der Waals surface area contributed by atoms with Gasteiger partial charge in [0.2, 0.25) is 0 Å². The zero-order valence-corrected chi connectivity index (χ0v) is 16.5. The van der Waals surface area contributed by atoms with Gasteiger partial charge in [-0.2, -0.15) is 0 Å². The molecule has 0 radical (unpaired) electrons. The summed E-state index contributed by atoms with van der Waals surface area (Å²) in [7, 11) is 2.06. The van der Waals surface area contributed by atoms with E-state index in [1.165, 1.54) is 19.3 Å². The van der Waals surface area contributed by atoms with Crippen LogP contribution in [0.1, 0.15) is 67.2 Å². The van der Waals surface area contributed by atoms with Crippen LogP contribution in [-0.4, -0.2) is 12.6 Å². The number of rotatable bonds is 11. The number of hydrogen-bond donors (Lipinski definition) is 1. The topological polar surface area (TPSA) is 12.0 Å². The fourth-order valence-corrected chi connectivity index (χ4v) is 3.47. The molecule has 0 amide bonds. The van der Waals surface area contributed by atoms with Gasteiger partial charge in [-0.15, -0.1) is 0 Å². The van der Waals surface area contributed by atoms with Crippen LogP contribution in [-0.2, 0) is 0 Å². The molecule has 23 heavy (non-hydrogen) atoms. The number of nitrogens with one attached hydrogen (secondary N) is 1. The molecule has 0 saturated heterocycles. The van der Waals surface area contributed by atoms with Crippen molar-refractivity contribution in [3.63, 3.8) is 0 Å². The third-order valence-corrected chi connectivity index (χ3v) is 4.43. The standard InChI is InChI=1S/C22H39N/c1-8-13-20(14-9-2)15-12-18-21(5,6)19-22(23-7,16-10-3)17-11-4/h8-11,13-14,16-17,20,23H,12,15,18-19H2,1-7H3. The minimum absolute atomic E-state index is 0.0287. The van der Waals surface area contributed by atoms with Crippen LogP contribution in [0.25, 0.3) is 0 Å². The Labute approximate surface area is 145 Å². The molecule has 0 aliphatic heterocycles. The molecule has 1 N–H and O–H groups in total. The van der Waals surface area contributed by atoms with Gasteiger partial charge in [-0.1, -0.05) is 68.9 Å². The monoisotopic (exact) mass is 317 g/mol. The number of likely N-dealkylation sites (N-methyl/N-ethyl adjacent to an activating group) is 1. The van der Waals surface area contributed by atoms with Crippen LogP contribution in [0, 0.1) is 11.3 Å². The summed E-state index contributed by atoms with van der Waals surface area (Å²) in [4.78, 5) is 0. The van der Waals surface area contributed by atoms with Crippen molar-refractivity contribution in [2.24, 2.45) is 11.3 Å². The Balaban J connectivity index is 4.78. The summed E-state index contributed by atoms with van der Waals surface area (Å²) in [6, 6.07) is 0. The van der Waals surface area contributed by atoms with Gasteiger partial charge in [0.05, 0.1) is 5.54 Å². The SMILES string of the molecule is CC=CC(C=CC)CCCC(C)(C)CC(C=CC)(C=CC)NC. The van der Waals surface area contributed by atoms with E-state index in [1.807, 2.05) is 0 Å². The summed E-state index contributed by atoms with van der Waals surface area (Å²) in [5.74, 6) is 0.584. The highest BCUT2D eigenvalue weighted by atomic mass is 14.9. The molecule has 0 saturated carbocycles. The van der Waals surface area contributed by atoms with Gasteiger partial charge in [-0.25, -0.2) is 0 Å². The third-order valence-electron chi connectivity index (χ3n) is 4.43. The summed E-state index contributed by atoms with van der Waals surface area (Å²) in [6.07, 6.45) is 22.7. The smallest absolute Gasteiger partial charge is 0.0552 e. The summed E-state index contributed by atoms with van der Waals surface area (Å²) in [5, 5.41) is 3.52. The molecule has 0 aromatic rings. The van der Waals surface area contributed by atoms with E-state index in [0.29, 0.717) is 11.3 Å². The predicted molar refractivity (Wildman–Crippen MR) is 107 cm³/mol. The Morgan fingerprint density at radius 3 is 1.78 bits per heavy atom. The summed E-state index contributed by atoms with van der Waals surface area (Å²) >= 11 is 0. The van der Waals surface area contributed by atoms with Gasteiger partial charge in [-0.3, -0.25) is 0 Å². The first-order chi connectivity index (χ1) is 10.9. The van der Waals surface area contributed by atoms with E-state index in [4.69, 9.17) is 0 Å². The quantitative estimate of drug-likeness (QED) is 0.432. The molecule has 0 fully saturated rings. The maximum absolute atomic E-state index is 3.52. The predicted octanol–water partition coefficient (Wildman–Crippen LogP) is 6.45. The molecule has 132 valence electrons. The van der Waals surface area contributed by atoms with Gasteiger partial charge < -0.3 is 5.32 Å². The summed E-state index contributed by atoms with van der Waals surface area (Å²) in [5.41, 5.74) is 0.275. The van der Waals surface area contributed by atoms with E-state index in [1.54, 1.807) is 0 Å². The Hall–Kier alpha value is -1.08. The van der Waals surface area contributed by atoms with E-state index in [-0.39, 0.29) is 5.54 Å². The highest BCUT2D eigenvalue weighted by molar-refractivity contribution is 5.18. The largest absolute Gasteiger partial charge is 0.308 e. The van der Waals surface area contributed by atoms with Crippen molar-refractivity contribution in [2.45, 2.75) is 72.8 Å². The lowest BCUT2D eigenvalue weighted by atomic mass is 9.74. The molecule has 0 aliphatic carbocycles. The van der Waals surface area contributed by atoms with Crippen LogP contribution in [0.3, 0.4) is 0 Å². The van der Waals surface area contributed by atoms with Crippen LogP contribution in [0.15, 0.2) is 48.6 Å². The first-order valence-corrected chi connectivity index (χ1v) is 9.11. The first kappa shape index (κ1) is 21.9. The average Bonchev–Trinajstić information content (AvgIpc) is 2.47. The maximum Gasteiger partial charge on any atom is 0.0552 e. The van der Waals surface area contributed by atoms with Crippen LogP contribution in [0.2, 0.25) is 0 Å². The Kier molecular flexibility index (Phi) is 10.9. The van der Waals surface area contributed by atoms with Gasteiger partial charge in [0.15, 0.2) is 0 Å². The van der Waals surface area contributed by atoms with Gasteiger partial charge in [0.1, 0.15) is 0 Å². The molecule has 0 aliphatic rings. The van der Waals surface area contributed by atoms with Crippen LogP contribution in [0.5, 0.6) is 0 Å². The molecule has 1 nitrogen and oxygen atoms in total. The minimum atomic E-state index is -0.0287. The highest BCUT2D eigenvalue weighted by Gasteiger charge is 2.30. The lowest BCUT2D eigenvalue weighted by molar-refractivity contribution is 0.243. The molecule has 0 unspecified atom stereocenters. The van der Waals surface area contributed by atoms with Crippen molar-refractivity contribution >= 4 is 0 Å². The van der Waals surface area contributed by atoms with Crippen LogP contribution in [0.4, 0.5) is 0 Å². The minimum Gasteiger partial charge on any atom is -0.308 e. The van der Waals surface area contributed by atoms with Gasteiger partial charge in [-0.05, 0) is 65.3 Å². The normalized spacial score (nSPS) is 17.7. The fraction of sp³-hybridized carbons (Fsp3) is 0.636. The Morgan fingerprint density at radius 1 is 0.870 bits per heavy atom. The Morgan fingerprint density at radius 2 is 1.39 bits per heavy atom. The second-order valence-corrected chi connectivity index (χ2v) is 7.24. The Bertz CT molecular complexity index is 386. The fourth-order valence-electron chi connectivity index (χ4n) is 3.47. The molecule has 0 rings (SSSR count). The van der Waals surface area contributed by atoms with E-state index < -0.39 is 0 Å². The highest BCUT2D eigenvalue weighted by Crippen LogP contribution is 2.35. The molecule has 1 heteroatoms. The zero-order valence-electron chi connectivity index (χ0n) is 16.5. The van der Waals surface area contributed by atoms with Crippen molar-refractivity contribution in [1.82, 2.24) is 5.32 Å². The van der Waals surface area contributed by atoms with E-state index in [2.05, 4.69) is 103 Å². The first-order valence-electron chi connectivity index (χ1n) is 9.11. The van der Waals surface area contributed by atoms with Crippen LogP contribution < -0.4 is 5.32 Å². The van der Waals surface area contributed by atoms with Crippen molar-refractivity contribution in [2.75, 3.05) is 7.05 Å². The summed E-state index contributed by atoms with van der Waals surface area (Å²) < 4.78 is 0. The van der Waals surface area contributed by atoms with E-state index in [9.17, 15) is 0 Å². The van der Waals surface area contributed by atoms with Gasteiger partial charge in [0.25, 0.3) is 0 Å². The van der Waals surface area contributed by atoms with E-state index in [0.717, 1.165) is 6.42 Å². The molecule has 0 heterocycles. The van der Waals surface area contributed by atoms with Crippen molar-refractivity contribution < 1.29 is 0 Å². The third kappa shape index (κ3) is 8.95. The molecular weight excluding hydrogens is 278 g/mol. The molecule has 0 bridgehead atoms. The zero-order chi connectivity index (χ0) is 17.8. The lowest BCUT2D eigenvalue weighted by Crippen LogP contribution is -2.43. The lowest BCUT2D eigenvalue weighted by Gasteiger charge is -2.36. The number of hydrogen-bond acceptors (Lipinski definition) is 1.